The van der Waals surface area contributed by atoms with E-state index in [4.69, 9.17) is 10.5 Å². The molecule has 8 nitrogen and oxygen atoms in total. The van der Waals surface area contributed by atoms with Gasteiger partial charge in [-0.2, -0.15) is 5.06 Å². The summed E-state index contributed by atoms with van der Waals surface area (Å²) >= 11 is 0. The van der Waals surface area contributed by atoms with Crippen LogP contribution >= 0.6 is 0 Å². The maximum atomic E-state index is 13.0. The maximum absolute atomic E-state index is 13.0. The maximum Gasteiger partial charge on any atom is 0.320 e. The standard InChI is InChI=1S/C16H24N2O6/c1-15(2,3)24-14(22)16(6-4-9(17)5-7-16)12(20)10-8-11(19)18(23)13(10)21/h9-10,23H,4-8,17H2,1-3H3. The first-order chi connectivity index (χ1) is 11.0. The van der Waals surface area contributed by atoms with E-state index in [2.05, 4.69) is 0 Å². The Morgan fingerprint density at radius 2 is 1.79 bits per heavy atom. The average molecular weight is 340 g/mol. The van der Waals surface area contributed by atoms with Gasteiger partial charge in [-0.25, -0.2) is 0 Å². The van der Waals surface area contributed by atoms with E-state index >= 15 is 0 Å². The van der Waals surface area contributed by atoms with Crippen molar-refractivity contribution >= 4 is 23.6 Å². The van der Waals surface area contributed by atoms with E-state index in [0.29, 0.717) is 12.8 Å². The lowest BCUT2D eigenvalue weighted by atomic mass is 9.66. The van der Waals surface area contributed by atoms with Gasteiger partial charge in [-0.05, 0) is 46.5 Å². The van der Waals surface area contributed by atoms with Gasteiger partial charge in [-0.1, -0.05) is 0 Å². The largest absolute Gasteiger partial charge is 0.459 e. The molecule has 1 heterocycles. The number of hydroxylamine groups is 2. The first kappa shape index (κ1) is 18.5. The lowest BCUT2D eigenvalue weighted by Crippen LogP contribution is -2.51. The van der Waals surface area contributed by atoms with E-state index < -0.39 is 46.9 Å². The molecular weight excluding hydrogens is 316 g/mol. The molecule has 0 aromatic carbocycles. The smallest absolute Gasteiger partial charge is 0.320 e. The molecule has 2 fully saturated rings. The van der Waals surface area contributed by atoms with Gasteiger partial charge in [0.05, 0.1) is 0 Å². The molecule has 2 rings (SSSR count). The molecule has 134 valence electrons. The Balaban J connectivity index is 2.33. The van der Waals surface area contributed by atoms with E-state index in [9.17, 15) is 24.4 Å². The van der Waals surface area contributed by atoms with Crippen LogP contribution in [0.25, 0.3) is 0 Å². The summed E-state index contributed by atoms with van der Waals surface area (Å²) in [5.41, 5.74) is 3.60. The number of nitrogens with zero attached hydrogens (tertiary/aromatic N) is 1. The summed E-state index contributed by atoms with van der Waals surface area (Å²) < 4.78 is 5.41. The van der Waals surface area contributed by atoms with Crippen molar-refractivity contribution in [1.29, 1.82) is 0 Å². The van der Waals surface area contributed by atoms with Crippen LogP contribution in [0.2, 0.25) is 0 Å². The summed E-state index contributed by atoms with van der Waals surface area (Å²) in [6.45, 7) is 5.08. The average Bonchev–Trinajstić information content (AvgIpc) is 2.73. The molecule has 0 aromatic rings. The minimum Gasteiger partial charge on any atom is -0.459 e. The van der Waals surface area contributed by atoms with E-state index in [0.717, 1.165) is 0 Å². The van der Waals surface area contributed by atoms with Gasteiger partial charge in [0.25, 0.3) is 11.8 Å². The van der Waals surface area contributed by atoms with Gasteiger partial charge >= 0.3 is 5.97 Å². The van der Waals surface area contributed by atoms with Gasteiger partial charge in [0.2, 0.25) is 0 Å². The lowest BCUT2D eigenvalue weighted by Gasteiger charge is -2.38. The Morgan fingerprint density at radius 1 is 1.25 bits per heavy atom. The third kappa shape index (κ3) is 3.34. The number of nitrogens with two attached hydrogens (primary N) is 1. The van der Waals surface area contributed by atoms with Crippen LogP contribution in [-0.4, -0.2) is 45.5 Å². The monoisotopic (exact) mass is 340 g/mol. The number of imide groups is 1. The number of Topliss-reactive ketones (excluding diaryl/α,β-unsaturated/α-hetero) is 1. The van der Waals surface area contributed by atoms with Crippen LogP contribution in [0.4, 0.5) is 0 Å². The molecule has 0 spiro atoms. The van der Waals surface area contributed by atoms with E-state index in [-0.39, 0.29) is 23.9 Å². The first-order valence-corrected chi connectivity index (χ1v) is 8.07. The number of esters is 1. The number of ether oxygens (including phenoxy) is 1. The van der Waals surface area contributed by atoms with Crippen molar-refractivity contribution in [2.75, 3.05) is 0 Å². The third-order valence-electron chi connectivity index (χ3n) is 4.58. The lowest BCUT2D eigenvalue weighted by molar-refractivity contribution is -0.176. The number of carbonyl (C=O) groups excluding carboxylic acids is 4. The predicted molar refractivity (Wildman–Crippen MR) is 81.5 cm³/mol. The molecule has 24 heavy (non-hydrogen) atoms. The number of carbonyl (C=O) groups is 4. The summed E-state index contributed by atoms with van der Waals surface area (Å²) in [5.74, 6) is -4.51. The molecule has 0 bridgehead atoms. The van der Waals surface area contributed by atoms with Crippen LogP contribution in [0.1, 0.15) is 52.9 Å². The van der Waals surface area contributed by atoms with Crippen LogP contribution in [0.5, 0.6) is 0 Å². The Kier molecular flexibility index (Phi) is 4.83. The summed E-state index contributed by atoms with van der Waals surface area (Å²) in [6, 6.07) is -0.122. The van der Waals surface area contributed by atoms with Crippen LogP contribution in [0.15, 0.2) is 0 Å². The number of hydrogen-bond donors (Lipinski definition) is 2. The fourth-order valence-corrected chi connectivity index (χ4v) is 3.22. The molecule has 1 atom stereocenters. The van der Waals surface area contributed by atoms with Gasteiger partial charge in [0.15, 0.2) is 5.78 Å². The Bertz CT molecular complexity index is 572. The van der Waals surface area contributed by atoms with Gasteiger partial charge in [0, 0.05) is 12.5 Å². The van der Waals surface area contributed by atoms with Gasteiger partial charge in [-0.15, -0.1) is 0 Å². The minimum absolute atomic E-state index is 0.0417. The predicted octanol–water partition coefficient (Wildman–Crippen LogP) is 0.549. The minimum atomic E-state index is -1.49. The van der Waals surface area contributed by atoms with Crippen molar-refractivity contribution in [2.24, 2.45) is 17.1 Å². The zero-order valence-corrected chi connectivity index (χ0v) is 14.2. The highest BCUT2D eigenvalue weighted by Crippen LogP contribution is 2.42. The Hall–Kier alpha value is -1.80. The van der Waals surface area contributed by atoms with Gasteiger partial charge in [0.1, 0.15) is 16.9 Å². The summed E-state index contributed by atoms with van der Waals surface area (Å²) in [5, 5.41) is 9.34. The van der Waals surface area contributed by atoms with Crippen molar-refractivity contribution in [3.05, 3.63) is 0 Å². The molecule has 1 saturated heterocycles. The third-order valence-corrected chi connectivity index (χ3v) is 4.58. The van der Waals surface area contributed by atoms with E-state index in [1.54, 1.807) is 20.8 Å². The van der Waals surface area contributed by atoms with Crippen LogP contribution < -0.4 is 5.73 Å². The molecule has 2 amide bonds. The second-order valence-corrected chi connectivity index (χ2v) is 7.59. The normalized spacial score (nSPS) is 31.3. The second-order valence-electron chi connectivity index (χ2n) is 7.59. The van der Waals surface area contributed by atoms with Crippen LogP contribution in [-0.2, 0) is 23.9 Å². The van der Waals surface area contributed by atoms with Crippen LogP contribution in [0.3, 0.4) is 0 Å². The summed E-state index contributed by atoms with van der Waals surface area (Å²) in [6.07, 6.45) is 0.812. The van der Waals surface area contributed by atoms with Crippen LogP contribution in [0, 0.1) is 11.3 Å². The highest BCUT2D eigenvalue weighted by Gasteiger charge is 2.56. The molecule has 8 heteroatoms. The topological polar surface area (TPSA) is 127 Å². The van der Waals surface area contributed by atoms with Crippen molar-refractivity contribution < 1.29 is 29.1 Å². The van der Waals surface area contributed by atoms with Crippen molar-refractivity contribution in [1.82, 2.24) is 5.06 Å². The molecule has 0 radical (unpaired) electrons. The molecule has 2 aliphatic rings. The zero-order chi connectivity index (χ0) is 18.3. The second kappa shape index (κ2) is 6.25. The quantitative estimate of drug-likeness (QED) is 0.332. The molecule has 1 aliphatic heterocycles. The molecular formula is C16H24N2O6. The summed E-state index contributed by atoms with van der Waals surface area (Å²) in [4.78, 5) is 49.2. The molecule has 0 aromatic heterocycles. The number of rotatable bonds is 3. The van der Waals surface area contributed by atoms with Crippen molar-refractivity contribution in [2.45, 2.75) is 64.5 Å². The van der Waals surface area contributed by atoms with Gasteiger partial charge in [-0.3, -0.25) is 24.4 Å². The van der Waals surface area contributed by atoms with E-state index in [1.165, 1.54) is 0 Å². The molecule has 1 saturated carbocycles. The zero-order valence-electron chi connectivity index (χ0n) is 14.2. The van der Waals surface area contributed by atoms with Crippen molar-refractivity contribution in [3.63, 3.8) is 0 Å². The van der Waals surface area contributed by atoms with E-state index in [1.807, 2.05) is 0 Å². The molecule has 1 unspecified atom stereocenters. The number of amides is 2. The van der Waals surface area contributed by atoms with Crippen molar-refractivity contribution in [3.8, 4) is 0 Å². The number of hydrogen-bond acceptors (Lipinski definition) is 7. The first-order valence-electron chi connectivity index (χ1n) is 8.07. The Labute approximate surface area is 140 Å². The SMILES string of the molecule is CC(C)(C)OC(=O)C1(C(=O)C2CC(=O)N(O)C2=O)CCC(N)CC1. The summed E-state index contributed by atoms with van der Waals surface area (Å²) in [7, 11) is 0. The fraction of sp³-hybridized carbons (Fsp3) is 0.750. The highest BCUT2D eigenvalue weighted by molar-refractivity contribution is 6.19. The molecule has 3 N–H and O–H groups in total. The number of ketones is 1. The highest BCUT2D eigenvalue weighted by atomic mass is 16.6. The Morgan fingerprint density at radius 3 is 2.21 bits per heavy atom. The fourth-order valence-electron chi connectivity index (χ4n) is 3.22. The molecule has 1 aliphatic carbocycles. The van der Waals surface area contributed by atoms with Gasteiger partial charge < -0.3 is 10.5 Å².